The zero-order chi connectivity index (χ0) is 29.8. The van der Waals surface area contributed by atoms with E-state index >= 15 is 0 Å². The molecule has 1 saturated heterocycles. The van der Waals surface area contributed by atoms with Crippen molar-refractivity contribution in [3.05, 3.63) is 73.3 Å². The number of hydrogen-bond acceptors (Lipinski definition) is 8. The third-order valence-corrected chi connectivity index (χ3v) is 9.12. The smallest absolute Gasteiger partial charge is 0.414 e. The minimum atomic E-state index is -0.455. The van der Waals surface area contributed by atoms with Crippen LogP contribution in [0, 0.1) is 13.8 Å². The molecule has 3 heterocycles. The fraction of sp³-hybridized carbons (Fsp3) is 0.452. The van der Waals surface area contributed by atoms with Gasteiger partial charge >= 0.3 is 6.09 Å². The summed E-state index contributed by atoms with van der Waals surface area (Å²) in [6.07, 6.45) is 4.87. The fourth-order valence-corrected chi connectivity index (χ4v) is 6.71. The summed E-state index contributed by atoms with van der Waals surface area (Å²) in [5.41, 5.74) is 2.81. The van der Waals surface area contributed by atoms with Crippen LogP contribution in [0.3, 0.4) is 0 Å². The van der Waals surface area contributed by atoms with Crippen LogP contribution in [0.5, 0.6) is 5.75 Å². The van der Waals surface area contributed by atoms with Crippen LogP contribution in [-0.4, -0.2) is 59.5 Å². The Morgan fingerprint density at radius 1 is 1.14 bits per heavy atom. The third-order valence-electron chi connectivity index (χ3n) is 7.85. The average Bonchev–Trinajstić information content (AvgIpc) is 3.57. The number of halogens is 1. The van der Waals surface area contributed by atoms with E-state index in [-0.39, 0.29) is 29.6 Å². The molecule has 1 amide bonds. The van der Waals surface area contributed by atoms with Crippen LogP contribution in [0.15, 0.2) is 47.4 Å². The van der Waals surface area contributed by atoms with Gasteiger partial charge in [0.1, 0.15) is 12.7 Å². The van der Waals surface area contributed by atoms with Crippen molar-refractivity contribution in [2.75, 3.05) is 24.6 Å². The molecule has 11 heteroatoms. The van der Waals surface area contributed by atoms with Gasteiger partial charge in [-0.05, 0) is 93.5 Å². The van der Waals surface area contributed by atoms with Crippen LogP contribution in [0.25, 0.3) is 5.69 Å². The summed E-state index contributed by atoms with van der Waals surface area (Å²) < 4.78 is 13.6. The largest absolute Gasteiger partial charge is 0.487 e. The molecule has 224 valence electrons. The predicted octanol–water partition coefficient (Wildman–Crippen LogP) is 5.43. The number of amides is 1. The highest BCUT2D eigenvalue weighted by molar-refractivity contribution is 7.18. The zero-order valence-corrected chi connectivity index (χ0v) is 25.4. The Labute approximate surface area is 254 Å². The Hall–Kier alpha value is -3.18. The summed E-state index contributed by atoms with van der Waals surface area (Å²) in [4.78, 5) is 40.7. The molecule has 2 aromatic heterocycles. The van der Waals surface area contributed by atoms with Crippen LogP contribution in [0.4, 0.5) is 10.5 Å². The zero-order valence-electron chi connectivity index (χ0n) is 23.8. The molecule has 0 radical (unpaired) electrons. The number of cyclic esters (lactones) is 1. The van der Waals surface area contributed by atoms with Crippen molar-refractivity contribution >= 4 is 40.5 Å². The van der Waals surface area contributed by atoms with E-state index in [0.717, 1.165) is 42.5 Å². The molecule has 2 fully saturated rings. The summed E-state index contributed by atoms with van der Waals surface area (Å²) in [7, 11) is 0. The maximum absolute atomic E-state index is 13.3. The molecular weight excluding hydrogens is 578 g/mol. The lowest BCUT2D eigenvalue weighted by atomic mass is 9.93. The van der Waals surface area contributed by atoms with Crippen molar-refractivity contribution in [3.8, 4) is 11.4 Å². The summed E-state index contributed by atoms with van der Waals surface area (Å²) in [6, 6.07) is 11.0. The summed E-state index contributed by atoms with van der Waals surface area (Å²) >= 11 is 7.19. The number of rotatable bonds is 11. The van der Waals surface area contributed by atoms with Gasteiger partial charge in [-0.15, -0.1) is 11.3 Å². The minimum Gasteiger partial charge on any atom is -0.487 e. The highest BCUT2D eigenvalue weighted by Crippen LogP contribution is 2.30. The second kappa shape index (κ2) is 13.4. The first-order valence-electron chi connectivity index (χ1n) is 14.3. The van der Waals surface area contributed by atoms with Crippen molar-refractivity contribution < 1.29 is 24.2 Å². The number of ether oxygens (including phenoxy) is 2. The highest BCUT2D eigenvalue weighted by Gasteiger charge is 2.33. The molecule has 0 unspecified atom stereocenters. The van der Waals surface area contributed by atoms with Crippen LogP contribution in [0.1, 0.15) is 59.3 Å². The number of Topliss-reactive ketones (excluding diaryl/α,β-unsaturated/α-hetero) is 1. The number of benzene rings is 1. The third kappa shape index (κ3) is 7.06. The number of ketones is 1. The van der Waals surface area contributed by atoms with Crippen molar-refractivity contribution in [1.29, 1.82) is 0 Å². The number of carbonyl (C=O) groups excluding carboxylic acids is 2. The van der Waals surface area contributed by atoms with Crippen molar-refractivity contribution in [2.24, 2.45) is 0 Å². The van der Waals surface area contributed by atoms with E-state index in [1.807, 2.05) is 26.0 Å². The maximum Gasteiger partial charge on any atom is 0.414 e. The molecule has 0 spiro atoms. The van der Waals surface area contributed by atoms with Crippen LogP contribution in [-0.2, 0) is 4.74 Å². The molecule has 1 aromatic carbocycles. The Balaban J connectivity index is 1.21. The van der Waals surface area contributed by atoms with E-state index in [9.17, 15) is 19.5 Å². The maximum atomic E-state index is 13.3. The molecule has 3 aromatic rings. The minimum absolute atomic E-state index is 0.0182. The van der Waals surface area contributed by atoms with Crippen molar-refractivity contribution in [1.82, 2.24) is 9.88 Å². The van der Waals surface area contributed by atoms with Gasteiger partial charge in [0, 0.05) is 30.9 Å². The monoisotopic (exact) mass is 613 g/mol. The van der Waals surface area contributed by atoms with Crippen LogP contribution < -0.4 is 20.5 Å². The number of hydrogen-bond donors (Lipinski definition) is 2. The fourth-order valence-electron chi connectivity index (χ4n) is 5.70. The number of thiophene rings is 1. The number of nitrogens with zero attached hydrogens (tertiary/aromatic N) is 2. The Bertz CT molecular complexity index is 1470. The Morgan fingerprint density at radius 3 is 2.57 bits per heavy atom. The number of nitrogens with one attached hydrogen (secondary N) is 1. The molecule has 2 aliphatic rings. The number of aryl methyl sites for hydroxylation is 2. The van der Waals surface area contributed by atoms with Gasteiger partial charge in [-0.1, -0.05) is 11.6 Å². The lowest BCUT2D eigenvalue weighted by Crippen LogP contribution is -2.37. The van der Waals surface area contributed by atoms with Gasteiger partial charge in [0.2, 0.25) is 0 Å². The Morgan fingerprint density at radius 2 is 1.88 bits per heavy atom. The van der Waals surface area contributed by atoms with Gasteiger partial charge in [-0.3, -0.25) is 19.1 Å². The molecule has 1 saturated carbocycles. The molecular formula is C31H36ClN3O6S. The number of aliphatic hydroxyl groups excluding tert-OH is 1. The molecule has 5 rings (SSSR count). The first-order chi connectivity index (χ1) is 20.2. The standard InChI is InChI=1S/C31H36ClN3O6S/c1-19-16-22(35-18-24(41-31(35)39)9-10-25(37)27-11-12-28(32)42-27)17-20(2)29(19)34-14-3-4-26(30(34)38)40-15-13-33-21-5-7-23(36)8-6-21/h3-4,11-12,14,16-17,21,23-24,33,36H,5-10,13,15,18H2,1-2H3/t21?,23?,24-/m0/s1. The van der Waals surface area contributed by atoms with Gasteiger partial charge in [-0.25, -0.2) is 4.79 Å². The highest BCUT2D eigenvalue weighted by atomic mass is 35.5. The first kappa shape index (κ1) is 30.3. The predicted molar refractivity (Wildman–Crippen MR) is 164 cm³/mol. The quantitative estimate of drug-likeness (QED) is 0.219. The average molecular weight is 614 g/mol. The molecule has 42 heavy (non-hydrogen) atoms. The van der Waals surface area contributed by atoms with Gasteiger partial charge in [-0.2, -0.15) is 0 Å². The summed E-state index contributed by atoms with van der Waals surface area (Å²) in [6.45, 7) is 5.13. The van der Waals surface area contributed by atoms with Crippen LogP contribution in [0.2, 0.25) is 4.34 Å². The van der Waals surface area contributed by atoms with Gasteiger partial charge in [0.25, 0.3) is 5.56 Å². The van der Waals surface area contributed by atoms with E-state index < -0.39 is 12.2 Å². The molecule has 1 atom stereocenters. The SMILES string of the molecule is Cc1cc(N2C[C@H](CCC(=O)c3ccc(Cl)s3)OC2=O)cc(C)c1-n1cccc(OCCNC2CCC(O)CC2)c1=O. The topological polar surface area (TPSA) is 110 Å². The lowest BCUT2D eigenvalue weighted by Gasteiger charge is -2.26. The molecule has 1 aliphatic carbocycles. The van der Waals surface area contributed by atoms with Crippen LogP contribution >= 0.6 is 22.9 Å². The number of carbonyl (C=O) groups is 2. The van der Waals surface area contributed by atoms with E-state index in [4.69, 9.17) is 21.1 Å². The van der Waals surface area contributed by atoms with Gasteiger partial charge in [0.15, 0.2) is 11.5 Å². The molecule has 0 bridgehead atoms. The van der Waals surface area contributed by atoms with Crippen molar-refractivity contribution in [3.63, 3.8) is 0 Å². The summed E-state index contributed by atoms with van der Waals surface area (Å²) in [5, 5.41) is 13.1. The van der Waals surface area contributed by atoms with E-state index in [1.165, 1.54) is 11.3 Å². The second-order valence-corrected chi connectivity index (χ2v) is 12.7. The second-order valence-electron chi connectivity index (χ2n) is 11.0. The number of aromatic nitrogens is 1. The molecule has 1 aliphatic heterocycles. The molecule has 9 nitrogen and oxygen atoms in total. The number of pyridine rings is 1. The van der Waals surface area contributed by atoms with Gasteiger partial charge in [0.05, 0.1) is 27.5 Å². The van der Waals surface area contributed by atoms with E-state index in [2.05, 4.69) is 5.32 Å². The number of aliphatic hydroxyl groups is 1. The number of anilines is 1. The van der Waals surface area contributed by atoms with E-state index in [1.54, 1.807) is 39.9 Å². The normalized spacial score (nSPS) is 20.5. The summed E-state index contributed by atoms with van der Waals surface area (Å²) in [5.74, 6) is 0.252. The van der Waals surface area contributed by atoms with Gasteiger partial charge < -0.3 is 19.9 Å². The Kier molecular flexibility index (Phi) is 9.67. The van der Waals surface area contributed by atoms with E-state index in [0.29, 0.717) is 47.1 Å². The lowest BCUT2D eigenvalue weighted by molar-refractivity contribution is 0.0943. The molecule has 2 N–H and O–H groups in total. The first-order valence-corrected chi connectivity index (χ1v) is 15.5. The van der Waals surface area contributed by atoms with Crippen molar-refractivity contribution in [2.45, 2.75) is 70.6 Å².